The van der Waals surface area contributed by atoms with Gasteiger partial charge in [0.25, 0.3) is 0 Å². The summed E-state index contributed by atoms with van der Waals surface area (Å²) in [5.41, 5.74) is -0.760. The summed E-state index contributed by atoms with van der Waals surface area (Å²) in [7, 11) is 0. The number of hydrogen-bond donors (Lipinski definition) is 3. The van der Waals surface area contributed by atoms with Crippen LogP contribution in [0.5, 0.6) is 0 Å². The molecule has 3 aliphatic rings. The molecule has 3 unspecified atom stereocenters. The summed E-state index contributed by atoms with van der Waals surface area (Å²) in [4.78, 5) is 43.0. The average Bonchev–Trinajstić information content (AvgIpc) is 3.47. The van der Waals surface area contributed by atoms with Gasteiger partial charge in [-0.15, -0.1) is 0 Å². The van der Waals surface area contributed by atoms with Gasteiger partial charge in [-0.3, -0.25) is 14.4 Å². The third kappa shape index (κ3) is 4.54. The molecule has 1 aromatic carbocycles. The van der Waals surface area contributed by atoms with Crippen LogP contribution in [0, 0.1) is 11.8 Å². The van der Waals surface area contributed by atoms with Crippen LogP contribution in [-0.2, 0) is 25.7 Å². The van der Waals surface area contributed by atoms with Crippen molar-refractivity contribution in [1.82, 2.24) is 15.5 Å². The highest BCUT2D eigenvalue weighted by atomic mass is 16.5. The third-order valence-electron chi connectivity index (χ3n) is 8.44. The van der Waals surface area contributed by atoms with Gasteiger partial charge >= 0.3 is 0 Å². The molecular formula is C28H41N3O5. The van der Waals surface area contributed by atoms with E-state index < -0.39 is 29.1 Å². The van der Waals surface area contributed by atoms with Crippen LogP contribution in [0.2, 0.25) is 0 Å². The Balaban J connectivity index is 1.64. The number of nitrogens with one attached hydrogen (secondary N) is 2. The van der Waals surface area contributed by atoms with Gasteiger partial charge in [0.15, 0.2) is 0 Å². The molecule has 8 heteroatoms. The van der Waals surface area contributed by atoms with Crippen LogP contribution in [0.3, 0.4) is 0 Å². The molecule has 6 atom stereocenters. The first-order valence-corrected chi connectivity index (χ1v) is 13.6. The number of aliphatic hydroxyl groups is 1. The Bertz CT molecular complexity index is 956. The van der Waals surface area contributed by atoms with Gasteiger partial charge in [-0.2, -0.15) is 0 Å². The first-order chi connectivity index (χ1) is 17.3. The summed E-state index contributed by atoms with van der Waals surface area (Å²) >= 11 is 0. The smallest absolute Gasteiger partial charge is 0.246 e. The van der Waals surface area contributed by atoms with Crippen LogP contribution in [0.25, 0.3) is 0 Å². The number of rotatable bonds is 12. The SMILES string of the molecule is CCCC(C)NC(=O)C1N(CCCCO)C(=O)[C@@H]2[C@@H](C(=O)NCc3ccccc3)[C@@]3(CC)CCC12O3. The van der Waals surface area contributed by atoms with Crippen molar-refractivity contribution in [3.63, 3.8) is 0 Å². The van der Waals surface area contributed by atoms with Crippen LogP contribution < -0.4 is 10.6 Å². The van der Waals surface area contributed by atoms with Crippen molar-refractivity contribution in [1.29, 1.82) is 0 Å². The molecule has 36 heavy (non-hydrogen) atoms. The van der Waals surface area contributed by atoms with Gasteiger partial charge < -0.3 is 25.4 Å². The fourth-order valence-electron chi connectivity index (χ4n) is 6.77. The number of carbonyl (C=O) groups is 3. The van der Waals surface area contributed by atoms with Crippen LogP contribution >= 0.6 is 0 Å². The predicted octanol–water partition coefficient (Wildman–Crippen LogP) is 2.53. The number of carbonyl (C=O) groups excluding carboxylic acids is 3. The molecule has 2 bridgehead atoms. The number of aliphatic hydroxyl groups excluding tert-OH is 1. The summed E-state index contributed by atoms with van der Waals surface area (Å²) < 4.78 is 6.76. The van der Waals surface area contributed by atoms with Gasteiger partial charge in [0.2, 0.25) is 17.7 Å². The average molecular weight is 500 g/mol. The van der Waals surface area contributed by atoms with Gasteiger partial charge in [-0.05, 0) is 51.0 Å². The number of ether oxygens (including phenoxy) is 1. The maximum absolute atomic E-state index is 14.0. The Morgan fingerprint density at radius 2 is 1.92 bits per heavy atom. The van der Waals surface area contributed by atoms with Crippen molar-refractivity contribution in [3.05, 3.63) is 35.9 Å². The largest absolute Gasteiger partial charge is 0.396 e. The minimum Gasteiger partial charge on any atom is -0.396 e. The van der Waals surface area contributed by atoms with Gasteiger partial charge in [-0.1, -0.05) is 50.6 Å². The molecule has 3 aliphatic heterocycles. The van der Waals surface area contributed by atoms with E-state index in [4.69, 9.17) is 4.74 Å². The van der Waals surface area contributed by atoms with Gasteiger partial charge in [-0.25, -0.2) is 0 Å². The normalized spacial score (nSPS) is 31.4. The number of likely N-dealkylation sites (tertiary alicyclic amines) is 1. The number of amides is 3. The summed E-state index contributed by atoms with van der Waals surface area (Å²) in [6.07, 6.45) is 4.75. The summed E-state index contributed by atoms with van der Waals surface area (Å²) in [6, 6.07) is 8.91. The summed E-state index contributed by atoms with van der Waals surface area (Å²) in [5.74, 6) is -1.89. The topological polar surface area (TPSA) is 108 Å². The quantitative estimate of drug-likeness (QED) is 0.383. The monoisotopic (exact) mass is 499 g/mol. The highest BCUT2D eigenvalue weighted by molar-refractivity contribution is 5.99. The maximum atomic E-state index is 14.0. The Kier molecular flexibility index (Phi) is 8.05. The lowest BCUT2D eigenvalue weighted by molar-refractivity contribution is -0.148. The Morgan fingerprint density at radius 1 is 1.17 bits per heavy atom. The van der Waals surface area contributed by atoms with Crippen molar-refractivity contribution in [3.8, 4) is 0 Å². The molecule has 3 fully saturated rings. The second-order valence-corrected chi connectivity index (χ2v) is 10.7. The molecule has 3 heterocycles. The first kappa shape index (κ1) is 26.6. The Morgan fingerprint density at radius 3 is 2.58 bits per heavy atom. The highest BCUT2D eigenvalue weighted by Gasteiger charge is 2.78. The summed E-state index contributed by atoms with van der Waals surface area (Å²) in [6.45, 7) is 6.81. The van der Waals surface area contributed by atoms with E-state index in [1.165, 1.54) is 0 Å². The van der Waals surface area contributed by atoms with E-state index in [2.05, 4.69) is 17.6 Å². The fourth-order valence-corrected chi connectivity index (χ4v) is 6.77. The molecule has 4 rings (SSSR count). The van der Waals surface area contributed by atoms with E-state index in [1.807, 2.05) is 44.2 Å². The van der Waals surface area contributed by atoms with E-state index in [-0.39, 0.29) is 30.4 Å². The number of benzene rings is 1. The molecule has 0 radical (unpaired) electrons. The van der Waals surface area contributed by atoms with Crippen LogP contribution in [-0.4, -0.2) is 64.2 Å². The van der Waals surface area contributed by atoms with E-state index in [9.17, 15) is 19.5 Å². The minimum atomic E-state index is -1.00. The van der Waals surface area contributed by atoms with Crippen LogP contribution in [0.1, 0.15) is 71.3 Å². The predicted molar refractivity (Wildman–Crippen MR) is 136 cm³/mol. The molecule has 8 nitrogen and oxygen atoms in total. The molecule has 1 aromatic rings. The summed E-state index contributed by atoms with van der Waals surface area (Å²) in [5, 5.41) is 15.5. The molecule has 3 N–H and O–H groups in total. The van der Waals surface area contributed by atoms with E-state index >= 15 is 0 Å². The molecule has 3 amide bonds. The first-order valence-electron chi connectivity index (χ1n) is 13.6. The minimum absolute atomic E-state index is 0.0175. The number of fused-ring (bicyclic) bond motifs is 1. The molecule has 0 aliphatic carbocycles. The zero-order chi connectivity index (χ0) is 25.9. The van der Waals surface area contributed by atoms with E-state index in [1.54, 1.807) is 4.90 Å². The van der Waals surface area contributed by atoms with Crippen LogP contribution in [0.4, 0.5) is 0 Å². The lowest BCUT2D eigenvalue weighted by Crippen LogP contribution is -2.56. The molecule has 3 saturated heterocycles. The Hall–Kier alpha value is -2.45. The molecular weight excluding hydrogens is 458 g/mol. The van der Waals surface area contributed by atoms with Gasteiger partial charge in [0.05, 0.1) is 17.4 Å². The standard InChI is InChI=1S/C28H41N3O5/c1-4-11-19(3)30-25(34)23-28-15-14-27(5-2,36-28)21(22(28)26(35)31(23)16-9-10-17-32)24(33)29-18-20-12-7-6-8-13-20/h6-8,12-13,19,21-23,32H,4-5,9-11,14-18H2,1-3H3,(H,29,33)(H,30,34)/t19?,21-,22-,23?,27+,28?/m0/s1. The lowest BCUT2D eigenvalue weighted by atomic mass is 9.65. The second kappa shape index (κ2) is 10.9. The van der Waals surface area contributed by atoms with Crippen molar-refractivity contribution >= 4 is 17.7 Å². The zero-order valence-electron chi connectivity index (χ0n) is 21.8. The molecule has 0 aromatic heterocycles. The number of hydrogen-bond acceptors (Lipinski definition) is 5. The van der Waals surface area contributed by atoms with Crippen molar-refractivity contribution in [2.24, 2.45) is 11.8 Å². The van der Waals surface area contributed by atoms with Gasteiger partial charge in [0, 0.05) is 25.7 Å². The fraction of sp³-hybridized carbons (Fsp3) is 0.679. The van der Waals surface area contributed by atoms with E-state index in [0.29, 0.717) is 45.2 Å². The lowest BCUT2D eigenvalue weighted by Gasteiger charge is -2.34. The number of unbranched alkanes of at least 4 members (excludes halogenated alkanes) is 1. The molecule has 1 spiro atoms. The van der Waals surface area contributed by atoms with Gasteiger partial charge in [0.1, 0.15) is 11.6 Å². The van der Waals surface area contributed by atoms with Crippen LogP contribution in [0.15, 0.2) is 30.3 Å². The third-order valence-corrected chi connectivity index (χ3v) is 8.44. The maximum Gasteiger partial charge on any atom is 0.246 e. The van der Waals surface area contributed by atoms with Crippen molar-refractivity contribution in [2.75, 3.05) is 13.2 Å². The number of nitrogens with zero attached hydrogens (tertiary/aromatic N) is 1. The zero-order valence-corrected chi connectivity index (χ0v) is 21.8. The van der Waals surface area contributed by atoms with Crippen molar-refractivity contribution < 1.29 is 24.2 Å². The molecule has 198 valence electrons. The van der Waals surface area contributed by atoms with E-state index in [0.717, 1.165) is 18.4 Å². The van der Waals surface area contributed by atoms with Crippen molar-refractivity contribution in [2.45, 2.75) is 95.5 Å². The molecule has 0 saturated carbocycles. The highest BCUT2D eigenvalue weighted by Crippen LogP contribution is 2.64. The second-order valence-electron chi connectivity index (χ2n) is 10.7. The Labute approximate surface area is 214 Å².